The molecule has 0 fully saturated rings. The fraction of sp³-hybridized carbons (Fsp3) is 0.375. The topological polar surface area (TPSA) is 116 Å². The molecule has 0 saturated carbocycles. The van der Waals surface area contributed by atoms with Crippen LogP contribution in [0, 0.1) is 5.82 Å². The highest BCUT2D eigenvalue weighted by molar-refractivity contribution is 7.92. The van der Waals surface area contributed by atoms with E-state index >= 15 is 0 Å². The fourth-order valence-corrected chi connectivity index (χ4v) is 4.63. The number of aliphatic hydroxyl groups is 1. The Balaban J connectivity index is 1.91. The van der Waals surface area contributed by atoms with Crippen LogP contribution in [0.4, 0.5) is 4.39 Å². The monoisotopic (exact) mass is 490 g/mol. The molecule has 3 aromatic rings. The van der Waals surface area contributed by atoms with E-state index in [1.807, 2.05) is 6.07 Å². The first kappa shape index (κ1) is 25.7. The molecule has 0 saturated heterocycles. The summed E-state index contributed by atoms with van der Waals surface area (Å²) < 4.78 is 43.5. The number of sulfone groups is 1. The lowest BCUT2D eigenvalue weighted by Gasteiger charge is -2.25. The molecule has 0 aliphatic carbocycles. The third kappa shape index (κ3) is 5.08. The SMILES string of the molecule is COCCc1ccc(-c2ccc3c(=O)n(CC[C@](C)(C(=O)CO)S(C)(=O)=O)cnc3c2)c(F)c1. The average molecular weight is 491 g/mol. The van der Waals surface area contributed by atoms with E-state index in [0.717, 1.165) is 11.8 Å². The van der Waals surface area contributed by atoms with Gasteiger partial charge in [0.25, 0.3) is 5.56 Å². The van der Waals surface area contributed by atoms with E-state index in [9.17, 15) is 27.5 Å². The highest BCUT2D eigenvalue weighted by Gasteiger charge is 2.42. The second-order valence-corrected chi connectivity index (χ2v) is 10.8. The van der Waals surface area contributed by atoms with Gasteiger partial charge in [-0.05, 0) is 49.1 Å². The molecular formula is C24H27FN2O6S. The molecule has 0 unspecified atom stereocenters. The predicted octanol–water partition coefficient (Wildman–Crippen LogP) is 2.15. The number of carbonyl (C=O) groups excluding carboxylic acids is 1. The number of fused-ring (bicyclic) bond motifs is 1. The number of aryl methyl sites for hydroxylation is 1. The van der Waals surface area contributed by atoms with Crippen molar-refractivity contribution < 1.29 is 27.4 Å². The van der Waals surface area contributed by atoms with Crippen molar-refractivity contribution in [2.75, 3.05) is 26.6 Å². The highest BCUT2D eigenvalue weighted by atomic mass is 32.2. The second-order valence-electron chi connectivity index (χ2n) is 8.37. The van der Waals surface area contributed by atoms with Crippen LogP contribution in [0.3, 0.4) is 0 Å². The summed E-state index contributed by atoms with van der Waals surface area (Å²) in [5.74, 6) is -1.23. The van der Waals surface area contributed by atoms with Gasteiger partial charge in [-0.1, -0.05) is 18.2 Å². The van der Waals surface area contributed by atoms with Crippen LogP contribution < -0.4 is 5.56 Å². The van der Waals surface area contributed by atoms with Gasteiger partial charge < -0.3 is 9.84 Å². The zero-order valence-electron chi connectivity index (χ0n) is 19.2. The summed E-state index contributed by atoms with van der Waals surface area (Å²) in [5, 5.41) is 9.47. The lowest BCUT2D eigenvalue weighted by molar-refractivity contribution is -0.124. The first-order valence-electron chi connectivity index (χ1n) is 10.6. The smallest absolute Gasteiger partial charge is 0.261 e. The molecule has 3 rings (SSSR count). The molecule has 0 radical (unpaired) electrons. The zero-order chi connectivity index (χ0) is 25.1. The maximum Gasteiger partial charge on any atom is 0.261 e. The summed E-state index contributed by atoms with van der Waals surface area (Å²) in [4.78, 5) is 29.3. The number of nitrogens with zero attached hydrogens (tertiary/aromatic N) is 2. The zero-order valence-corrected chi connectivity index (χ0v) is 20.1. The summed E-state index contributed by atoms with van der Waals surface area (Å²) in [5.41, 5.74) is 1.69. The van der Waals surface area contributed by atoms with E-state index in [2.05, 4.69) is 4.98 Å². The van der Waals surface area contributed by atoms with Gasteiger partial charge in [-0.3, -0.25) is 14.2 Å². The number of ether oxygens (including phenoxy) is 1. The van der Waals surface area contributed by atoms with Gasteiger partial charge in [0.1, 0.15) is 17.2 Å². The summed E-state index contributed by atoms with van der Waals surface area (Å²) in [7, 11) is -2.25. The molecule has 0 spiro atoms. The lowest BCUT2D eigenvalue weighted by Crippen LogP contribution is -2.46. The average Bonchev–Trinajstić information content (AvgIpc) is 2.80. The van der Waals surface area contributed by atoms with Gasteiger partial charge in [0.05, 0.1) is 23.8 Å². The van der Waals surface area contributed by atoms with Crippen LogP contribution in [-0.4, -0.2) is 60.2 Å². The van der Waals surface area contributed by atoms with Crippen LogP contribution in [0.2, 0.25) is 0 Å². The molecule has 0 aliphatic heterocycles. The first-order valence-corrected chi connectivity index (χ1v) is 12.5. The Morgan fingerprint density at radius 1 is 1.24 bits per heavy atom. The number of carbonyl (C=O) groups is 1. The number of ketones is 1. The van der Waals surface area contributed by atoms with Gasteiger partial charge in [-0.25, -0.2) is 17.8 Å². The van der Waals surface area contributed by atoms with Crippen LogP contribution in [0.5, 0.6) is 0 Å². The molecule has 182 valence electrons. The Bertz CT molecular complexity index is 1390. The van der Waals surface area contributed by atoms with Gasteiger partial charge >= 0.3 is 0 Å². The minimum atomic E-state index is -3.84. The molecule has 2 aromatic carbocycles. The number of aliphatic hydroxyl groups excluding tert-OH is 1. The van der Waals surface area contributed by atoms with Crippen molar-refractivity contribution in [2.45, 2.75) is 31.1 Å². The summed E-state index contributed by atoms with van der Waals surface area (Å²) in [6.45, 7) is 0.724. The van der Waals surface area contributed by atoms with Gasteiger partial charge in [0, 0.05) is 25.5 Å². The second kappa shape index (κ2) is 10.1. The number of methoxy groups -OCH3 is 1. The maximum atomic E-state index is 14.7. The summed E-state index contributed by atoms with van der Waals surface area (Å²) in [6, 6.07) is 9.73. The number of hydrogen-bond acceptors (Lipinski definition) is 7. The molecule has 1 N–H and O–H groups in total. The molecule has 1 atom stereocenters. The fourth-order valence-electron chi connectivity index (χ4n) is 3.69. The van der Waals surface area contributed by atoms with E-state index in [1.165, 1.54) is 23.9 Å². The van der Waals surface area contributed by atoms with Crippen molar-refractivity contribution in [3.05, 3.63) is 64.5 Å². The standard InChI is InChI=1S/C24H27FN2O6S/c1-24(22(29)14-28,34(3,31)32)9-10-27-15-26-21-13-17(5-7-19(21)23(27)30)18-6-4-16(8-11-33-2)12-20(18)25/h4-7,12-13,15,28H,8-11,14H2,1-3H3/t24-/m1/s1. The third-order valence-electron chi connectivity index (χ3n) is 6.15. The Morgan fingerprint density at radius 3 is 2.59 bits per heavy atom. The van der Waals surface area contributed by atoms with E-state index < -0.39 is 38.4 Å². The molecule has 1 heterocycles. The van der Waals surface area contributed by atoms with Crippen LogP contribution in [0.1, 0.15) is 18.9 Å². The molecule has 1 aromatic heterocycles. The molecule has 34 heavy (non-hydrogen) atoms. The molecular weight excluding hydrogens is 463 g/mol. The van der Waals surface area contributed by atoms with Gasteiger partial charge in [0.15, 0.2) is 15.6 Å². The predicted molar refractivity (Wildman–Crippen MR) is 127 cm³/mol. The van der Waals surface area contributed by atoms with Crippen LogP contribution >= 0.6 is 0 Å². The van der Waals surface area contributed by atoms with Crippen LogP contribution in [0.25, 0.3) is 22.0 Å². The minimum absolute atomic E-state index is 0.0869. The van der Waals surface area contributed by atoms with Crippen molar-refractivity contribution in [1.29, 1.82) is 0 Å². The van der Waals surface area contributed by atoms with E-state index in [0.29, 0.717) is 29.7 Å². The Labute approximate surface area is 196 Å². The molecule has 8 nitrogen and oxygen atoms in total. The van der Waals surface area contributed by atoms with E-state index in [4.69, 9.17) is 4.74 Å². The number of rotatable bonds is 10. The number of benzene rings is 2. The van der Waals surface area contributed by atoms with Gasteiger partial charge in [0.2, 0.25) is 0 Å². The van der Waals surface area contributed by atoms with Crippen LogP contribution in [-0.2, 0) is 32.3 Å². The minimum Gasteiger partial charge on any atom is -0.389 e. The number of hydrogen-bond donors (Lipinski definition) is 1. The number of aromatic nitrogens is 2. The van der Waals surface area contributed by atoms with Crippen molar-refractivity contribution >= 4 is 26.5 Å². The first-order chi connectivity index (χ1) is 16.0. The van der Waals surface area contributed by atoms with Crippen molar-refractivity contribution in [3.63, 3.8) is 0 Å². The normalized spacial score (nSPS) is 13.7. The van der Waals surface area contributed by atoms with Crippen molar-refractivity contribution in [2.24, 2.45) is 0 Å². The molecule has 0 bridgehead atoms. The Hall–Kier alpha value is -2.95. The van der Waals surface area contributed by atoms with Crippen LogP contribution in [0.15, 0.2) is 47.5 Å². The number of halogens is 1. The van der Waals surface area contributed by atoms with Gasteiger partial charge in [-0.2, -0.15) is 0 Å². The largest absolute Gasteiger partial charge is 0.389 e. The molecule has 0 amide bonds. The third-order valence-corrected chi connectivity index (χ3v) is 8.21. The van der Waals surface area contributed by atoms with Crippen molar-refractivity contribution in [3.8, 4) is 11.1 Å². The van der Waals surface area contributed by atoms with Crippen molar-refractivity contribution in [1.82, 2.24) is 9.55 Å². The number of Topliss-reactive ketones (excluding diaryl/α,β-unsaturated/α-hetero) is 1. The van der Waals surface area contributed by atoms with E-state index in [1.54, 1.807) is 31.4 Å². The molecule has 0 aliphatic rings. The summed E-state index contributed by atoms with van der Waals surface area (Å²) >= 11 is 0. The quantitative estimate of drug-likeness (QED) is 0.463. The lowest BCUT2D eigenvalue weighted by atomic mass is 10.0. The Kier molecular flexibility index (Phi) is 7.64. The van der Waals surface area contributed by atoms with E-state index in [-0.39, 0.29) is 18.4 Å². The maximum absolute atomic E-state index is 14.7. The van der Waals surface area contributed by atoms with Gasteiger partial charge in [-0.15, -0.1) is 0 Å². The molecule has 10 heteroatoms. The highest BCUT2D eigenvalue weighted by Crippen LogP contribution is 2.26. The Morgan fingerprint density at radius 2 is 1.97 bits per heavy atom. The summed E-state index contributed by atoms with van der Waals surface area (Å²) in [6.07, 6.45) is 2.59.